The predicted molar refractivity (Wildman–Crippen MR) is 101 cm³/mol. The number of carbonyl (C=O) groups excluding carboxylic acids is 1. The van der Waals surface area contributed by atoms with E-state index in [0.717, 1.165) is 20.9 Å². The number of methoxy groups -OCH3 is 2. The van der Waals surface area contributed by atoms with E-state index in [0.29, 0.717) is 17.1 Å². The van der Waals surface area contributed by atoms with E-state index >= 15 is 0 Å². The minimum absolute atomic E-state index is 0.352. The summed E-state index contributed by atoms with van der Waals surface area (Å²) in [5.41, 5.74) is 4.78. The molecule has 2 aromatic carbocycles. The van der Waals surface area contributed by atoms with Gasteiger partial charge in [0.2, 0.25) is 0 Å². The zero-order valence-corrected chi connectivity index (χ0v) is 15.3. The zero-order valence-electron chi connectivity index (χ0n) is 13.7. The summed E-state index contributed by atoms with van der Waals surface area (Å²) in [6.45, 7) is 0. The SMILES string of the molecule is COc1cc(OC)cc(C(=O)N/N=C/c2c[nH]c3ccc(Br)cc23)c1. The third-order valence-corrected chi connectivity index (χ3v) is 4.15. The molecule has 3 rings (SSSR count). The Bertz CT molecular complexity index is 928. The van der Waals surface area contributed by atoms with Gasteiger partial charge in [-0.2, -0.15) is 5.10 Å². The molecule has 2 N–H and O–H groups in total. The molecule has 1 aromatic heterocycles. The Hall–Kier alpha value is -2.80. The maximum Gasteiger partial charge on any atom is 0.271 e. The number of aromatic amines is 1. The molecule has 0 aliphatic heterocycles. The Labute approximate surface area is 153 Å². The monoisotopic (exact) mass is 401 g/mol. The molecule has 3 aromatic rings. The van der Waals surface area contributed by atoms with E-state index in [4.69, 9.17) is 9.47 Å². The molecule has 128 valence electrons. The molecule has 0 unspecified atom stereocenters. The van der Waals surface area contributed by atoms with Crippen LogP contribution in [0.15, 0.2) is 52.2 Å². The number of halogens is 1. The Morgan fingerprint density at radius 1 is 1.16 bits per heavy atom. The molecule has 25 heavy (non-hydrogen) atoms. The van der Waals surface area contributed by atoms with E-state index in [9.17, 15) is 4.79 Å². The minimum atomic E-state index is -0.352. The van der Waals surface area contributed by atoms with Crippen LogP contribution >= 0.6 is 15.9 Å². The van der Waals surface area contributed by atoms with Gasteiger partial charge in [0.25, 0.3) is 5.91 Å². The summed E-state index contributed by atoms with van der Waals surface area (Å²) in [5.74, 6) is 0.722. The second kappa shape index (κ2) is 7.40. The van der Waals surface area contributed by atoms with Gasteiger partial charge in [0.15, 0.2) is 0 Å². The first-order chi connectivity index (χ1) is 12.1. The number of hydrogen-bond acceptors (Lipinski definition) is 4. The smallest absolute Gasteiger partial charge is 0.271 e. The summed E-state index contributed by atoms with van der Waals surface area (Å²) in [5, 5.41) is 5.05. The molecular formula is C18H16BrN3O3. The van der Waals surface area contributed by atoms with E-state index in [1.54, 1.807) is 24.4 Å². The highest BCUT2D eigenvalue weighted by atomic mass is 79.9. The molecule has 6 nitrogen and oxygen atoms in total. The second-order valence-corrected chi connectivity index (χ2v) is 6.15. The highest BCUT2D eigenvalue weighted by molar-refractivity contribution is 9.10. The molecule has 0 aliphatic rings. The van der Waals surface area contributed by atoms with Crippen LogP contribution in [-0.4, -0.2) is 31.3 Å². The number of rotatable bonds is 5. The van der Waals surface area contributed by atoms with Crippen LogP contribution in [0, 0.1) is 0 Å². The molecule has 0 saturated carbocycles. The Morgan fingerprint density at radius 3 is 2.56 bits per heavy atom. The van der Waals surface area contributed by atoms with E-state index in [2.05, 4.69) is 31.4 Å². The standard InChI is InChI=1S/C18H16BrN3O3/c1-24-14-5-11(6-15(8-14)25-2)18(23)22-21-10-12-9-20-17-4-3-13(19)7-16(12)17/h3-10,20H,1-2H3,(H,22,23)/b21-10+. The number of hydrazone groups is 1. The molecule has 0 radical (unpaired) electrons. The van der Waals surface area contributed by atoms with Crippen LogP contribution in [-0.2, 0) is 0 Å². The van der Waals surface area contributed by atoms with Crippen molar-refractivity contribution in [1.82, 2.24) is 10.4 Å². The van der Waals surface area contributed by atoms with Crippen LogP contribution in [0.4, 0.5) is 0 Å². The molecule has 0 aliphatic carbocycles. The normalized spacial score (nSPS) is 11.0. The van der Waals surface area contributed by atoms with E-state index in [1.165, 1.54) is 14.2 Å². The number of ether oxygens (including phenoxy) is 2. The number of fused-ring (bicyclic) bond motifs is 1. The lowest BCUT2D eigenvalue weighted by Gasteiger charge is -2.07. The van der Waals surface area contributed by atoms with Gasteiger partial charge in [0, 0.05) is 38.8 Å². The molecule has 0 saturated heterocycles. The summed E-state index contributed by atoms with van der Waals surface area (Å²) >= 11 is 3.45. The first kappa shape index (κ1) is 17.0. The molecule has 0 bridgehead atoms. The lowest BCUT2D eigenvalue weighted by molar-refractivity contribution is 0.0954. The van der Waals surface area contributed by atoms with Gasteiger partial charge in [0.05, 0.1) is 20.4 Å². The van der Waals surface area contributed by atoms with Gasteiger partial charge >= 0.3 is 0 Å². The van der Waals surface area contributed by atoms with Gasteiger partial charge in [-0.05, 0) is 30.3 Å². The fraction of sp³-hybridized carbons (Fsp3) is 0.111. The van der Waals surface area contributed by atoms with E-state index in [1.807, 2.05) is 24.4 Å². The summed E-state index contributed by atoms with van der Waals surface area (Å²) in [6.07, 6.45) is 3.43. The van der Waals surface area contributed by atoms with Gasteiger partial charge < -0.3 is 14.5 Å². The first-order valence-electron chi connectivity index (χ1n) is 7.44. The molecule has 0 fully saturated rings. The molecule has 0 atom stereocenters. The maximum absolute atomic E-state index is 12.3. The number of nitrogens with zero attached hydrogens (tertiary/aromatic N) is 1. The van der Waals surface area contributed by atoms with E-state index in [-0.39, 0.29) is 5.91 Å². The van der Waals surface area contributed by atoms with Crippen molar-refractivity contribution in [3.63, 3.8) is 0 Å². The lowest BCUT2D eigenvalue weighted by Crippen LogP contribution is -2.17. The van der Waals surface area contributed by atoms with E-state index < -0.39 is 0 Å². The van der Waals surface area contributed by atoms with Crippen molar-refractivity contribution in [2.24, 2.45) is 5.10 Å². The Kier molecular flexibility index (Phi) is 5.04. The topological polar surface area (TPSA) is 75.7 Å². The van der Waals surface area contributed by atoms with Gasteiger partial charge in [-0.3, -0.25) is 4.79 Å². The number of H-pyrrole nitrogens is 1. The minimum Gasteiger partial charge on any atom is -0.497 e. The van der Waals surface area contributed by atoms with Crippen molar-refractivity contribution in [3.05, 3.63) is 58.2 Å². The number of benzene rings is 2. The third-order valence-electron chi connectivity index (χ3n) is 3.66. The van der Waals surface area contributed by atoms with Crippen molar-refractivity contribution >= 4 is 39.0 Å². The van der Waals surface area contributed by atoms with Crippen LogP contribution in [0.25, 0.3) is 10.9 Å². The highest BCUT2D eigenvalue weighted by Gasteiger charge is 2.09. The van der Waals surface area contributed by atoms with Crippen LogP contribution in [0.3, 0.4) is 0 Å². The fourth-order valence-electron chi connectivity index (χ4n) is 2.38. The van der Waals surface area contributed by atoms with Crippen molar-refractivity contribution in [3.8, 4) is 11.5 Å². The summed E-state index contributed by atoms with van der Waals surface area (Å²) < 4.78 is 11.3. The third kappa shape index (κ3) is 3.83. The van der Waals surface area contributed by atoms with Gasteiger partial charge in [-0.1, -0.05) is 15.9 Å². The molecule has 1 heterocycles. The predicted octanol–water partition coefficient (Wildman–Crippen LogP) is 3.71. The fourth-order valence-corrected chi connectivity index (χ4v) is 2.75. The van der Waals surface area contributed by atoms with Crippen molar-refractivity contribution in [1.29, 1.82) is 0 Å². The summed E-state index contributed by atoms with van der Waals surface area (Å²) in [6, 6.07) is 10.9. The highest BCUT2D eigenvalue weighted by Crippen LogP contribution is 2.23. The number of aromatic nitrogens is 1. The van der Waals surface area contributed by atoms with Gasteiger partial charge in [-0.25, -0.2) is 5.43 Å². The molecule has 0 spiro atoms. The second-order valence-electron chi connectivity index (χ2n) is 5.23. The summed E-state index contributed by atoms with van der Waals surface area (Å²) in [7, 11) is 3.06. The van der Waals surface area contributed by atoms with Gasteiger partial charge in [0.1, 0.15) is 11.5 Å². The quantitative estimate of drug-likeness (QED) is 0.505. The van der Waals surface area contributed by atoms with Crippen LogP contribution in [0.2, 0.25) is 0 Å². The largest absolute Gasteiger partial charge is 0.497 e. The number of hydrogen-bond donors (Lipinski definition) is 2. The zero-order chi connectivity index (χ0) is 17.8. The maximum atomic E-state index is 12.3. The molecule has 7 heteroatoms. The average Bonchev–Trinajstić information content (AvgIpc) is 3.03. The van der Waals surface area contributed by atoms with Crippen LogP contribution < -0.4 is 14.9 Å². The first-order valence-corrected chi connectivity index (χ1v) is 8.23. The number of nitrogens with one attached hydrogen (secondary N) is 2. The van der Waals surface area contributed by atoms with Crippen LogP contribution in [0.5, 0.6) is 11.5 Å². The summed E-state index contributed by atoms with van der Waals surface area (Å²) in [4.78, 5) is 15.4. The molecule has 1 amide bonds. The Balaban J connectivity index is 1.77. The van der Waals surface area contributed by atoms with Crippen molar-refractivity contribution in [2.75, 3.05) is 14.2 Å². The van der Waals surface area contributed by atoms with Gasteiger partial charge in [-0.15, -0.1) is 0 Å². The van der Waals surface area contributed by atoms with Crippen molar-refractivity contribution < 1.29 is 14.3 Å². The van der Waals surface area contributed by atoms with Crippen molar-refractivity contribution in [2.45, 2.75) is 0 Å². The van der Waals surface area contributed by atoms with Crippen LogP contribution in [0.1, 0.15) is 15.9 Å². The lowest BCUT2D eigenvalue weighted by atomic mass is 10.2. The Morgan fingerprint density at radius 2 is 1.88 bits per heavy atom. The molecular weight excluding hydrogens is 386 g/mol. The number of carbonyl (C=O) groups is 1. The number of amides is 1. The average molecular weight is 402 g/mol.